The first-order valence-corrected chi connectivity index (χ1v) is 3.53. The van der Waals surface area contributed by atoms with E-state index in [1.165, 1.54) is 0 Å². The van der Waals surface area contributed by atoms with Crippen LogP contribution in [-0.2, 0) is 4.74 Å². The number of hydrogen-bond donors (Lipinski definition) is 0. The zero-order valence-corrected chi connectivity index (χ0v) is 7.46. The summed E-state index contributed by atoms with van der Waals surface area (Å²) in [5.74, 6) is -5.93. The number of hydrogen-bond acceptors (Lipinski definition) is 1. The van der Waals surface area contributed by atoms with Crippen molar-refractivity contribution in [3.05, 3.63) is 0 Å². The maximum Gasteiger partial charge on any atom is 0.456 e. The average Bonchev–Trinajstić information content (AvgIpc) is 2.00. The van der Waals surface area contributed by atoms with Gasteiger partial charge in [0.05, 0.1) is 0 Å². The van der Waals surface area contributed by atoms with Gasteiger partial charge >= 0.3 is 18.3 Å². The van der Waals surface area contributed by atoms with Gasteiger partial charge < -0.3 is 4.74 Å². The van der Waals surface area contributed by atoms with Crippen LogP contribution in [0.25, 0.3) is 0 Å². The van der Waals surface area contributed by atoms with Gasteiger partial charge in [0.25, 0.3) is 0 Å². The molecule has 10 heteroatoms. The Morgan fingerprint density at radius 3 is 1.44 bits per heavy atom. The molecule has 0 aliphatic rings. The standard InChI is InChI=1S/C6H5F9O/c1-16-3(2(7)5(10,11)12)4(8,9)6(13,14)15/h2-3H,1H3. The van der Waals surface area contributed by atoms with Crippen molar-refractivity contribution in [2.45, 2.75) is 30.6 Å². The SMILES string of the molecule is COC(C(F)C(F)(F)F)C(F)(F)C(F)(F)F. The predicted octanol–water partition coefficient (Wildman–Crippen LogP) is 3.10. The van der Waals surface area contributed by atoms with Gasteiger partial charge in [-0.2, -0.15) is 35.1 Å². The molecule has 0 bridgehead atoms. The lowest BCUT2D eigenvalue weighted by molar-refractivity contribution is -0.340. The highest BCUT2D eigenvalue weighted by atomic mass is 19.4. The molecule has 0 rings (SSSR count). The molecule has 0 fully saturated rings. The molecule has 0 heterocycles. The van der Waals surface area contributed by atoms with E-state index in [1.807, 2.05) is 0 Å². The second-order valence-electron chi connectivity index (χ2n) is 2.72. The van der Waals surface area contributed by atoms with Crippen LogP contribution in [0.3, 0.4) is 0 Å². The van der Waals surface area contributed by atoms with Gasteiger partial charge in [0, 0.05) is 7.11 Å². The normalized spacial score (nSPS) is 18.4. The summed E-state index contributed by atoms with van der Waals surface area (Å²) >= 11 is 0. The van der Waals surface area contributed by atoms with Gasteiger partial charge in [-0.1, -0.05) is 0 Å². The Morgan fingerprint density at radius 1 is 0.875 bits per heavy atom. The van der Waals surface area contributed by atoms with E-state index < -0.39 is 30.6 Å². The summed E-state index contributed by atoms with van der Waals surface area (Å²) in [5, 5.41) is 0. The van der Waals surface area contributed by atoms with Crippen LogP contribution in [0.1, 0.15) is 0 Å². The van der Waals surface area contributed by atoms with Crippen molar-refractivity contribution >= 4 is 0 Å². The van der Waals surface area contributed by atoms with Crippen LogP contribution in [0.4, 0.5) is 39.5 Å². The lowest BCUT2D eigenvalue weighted by Gasteiger charge is -2.30. The summed E-state index contributed by atoms with van der Waals surface area (Å²) < 4.78 is 110. The fourth-order valence-electron chi connectivity index (χ4n) is 0.784. The van der Waals surface area contributed by atoms with Gasteiger partial charge in [0.1, 0.15) is 0 Å². The Hall–Kier alpha value is -0.670. The number of alkyl halides is 9. The minimum atomic E-state index is -6.33. The molecule has 0 saturated carbocycles. The molecule has 1 nitrogen and oxygen atoms in total. The highest BCUT2D eigenvalue weighted by molar-refractivity contribution is 4.92. The first-order valence-electron chi connectivity index (χ1n) is 3.53. The molecule has 0 aliphatic carbocycles. The van der Waals surface area contributed by atoms with E-state index in [9.17, 15) is 39.5 Å². The predicted molar refractivity (Wildman–Crippen MR) is 32.8 cm³/mol. The van der Waals surface area contributed by atoms with Gasteiger partial charge in [-0.3, -0.25) is 0 Å². The van der Waals surface area contributed by atoms with Crippen LogP contribution >= 0.6 is 0 Å². The molecule has 98 valence electrons. The summed E-state index contributed by atoms with van der Waals surface area (Å²) in [6.45, 7) is 0. The summed E-state index contributed by atoms with van der Waals surface area (Å²) in [6, 6.07) is 0. The molecule has 0 N–H and O–H groups in total. The molecule has 0 saturated heterocycles. The lowest BCUT2D eigenvalue weighted by atomic mass is 10.1. The molecule has 0 spiro atoms. The van der Waals surface area contributed by atoms with Crippen LogP contribution < -0.4 is 0 Å². The van der Waals surface area contributed by atoms with Gasteiger partial charge in [0.2, 0.25) is 6.17 Å². The zero-order chi connectivity index (χ0) is 13.4. The van der Waals surface area contributed by atoms with Crippen LogP contribution in [0.5, 0.6) is 0 Å². The molecule has 0 radical (unpaired) electrons. The lowest BCUT2D eigenvalue weighted by Crippen LogP contribution is -2.55. The van der Waals surface area contributed by atoms with E-state index in [0.29, 0.717) is 0 Å². The molecule has 0 amide bonds. The van der Waals surface area contributed by atoms with Crippen molar-refractivity contribution in [3.63, 3.8) is 0 Å². The smallest absolute Gasteiger partial charge is 0.371 e. The van der Waals surface area contributed by atoms with Crippen molar-refractivity contribution in [2.24, 2.45) is 0 Å². The number of rotatable bonds is 3. The molecular formula is C6H5F9O. The Morgan fingerprint density at radius 2 is 1.25 bits per heavy atom. The van der Waals surface area contributed by atoms with Crippen LogP contribution in [0.2, 0.25) is 0 Å². The van der Waals surface area contributed by atoms with E-state index in [4.69, 9.17) is 0 Å². The van der Waals surface area contributed by atoms with Gasteiger partial charge in [-0.15, -0.1) is 0 Å². The number of methoxy groups -OCH3 is 1. The molecule has 0 aliphatic heterocycles. The third-order valence-corrected chi connectivity index (χ3v) is 1.57. The van der Waals surface area contributed by atoms with Crippen molar-refractivity contribution < 1.29 is 44.3 Å². The second-order valence-corrected chi connectivity index (χ2v) is 2.72. The summed E-state index contributed by atoms with van der Waals surface area (Å²) in [5.41, 5.74) is 0. The van der Waals surface area contributed by atoms with E-state index in [1.54, 1.807) is 0 Å². The zero-order valence-electron chi connectivity index (χ0n) is 7.46. The molecular weight excluding hydrogens is 259 g/mol. The molecule has 2 unspecified atom stereocenters. The quantitative estimate of drug-likeness (QED) is 0.712. The molecule has 2 atom stereocenters. The van der Waals surface area contributed by atoms with E-state index in [0.717, 1.165) is 0 Å². The van der Waals surface area contributed by atoms with Gasteiger partial charge in [-0.25, -0.2) is 4.39 Å². The maximum absolute atomic E-state index is 12.4. The van der Waals surface area contributed by atoms with Crippen molar-refractivity contribution in [2.75, 3.05) is 7.11 Å². The highest BCUT2D eigenvalue weighted by Crippen LogP contribution is 2.43. The van der Waals surface area contributed by atoms with Crippen LogP contribution in [-0.4, -0.2) is 37.7 Å². The molecule has 16 heavy (non-hydrogen) atoms. The first-order chi connectivity index (χ1) is 6.85. The molecule has 0 aromatic carbocycles. The topological polar surface area (TPSA) is 9.23 Å². The maximum atomic E-state index is 12.4. The largest absolute Gasteiger partial charge is 0.456 e. The van der Waals surface area contributed by atoms with Crippen LogP contribution in [0, 0.1) is 0 Å². The third kappa shape index (κ3) is 2.92. The van der Waals surface area contributed by atoms with Gasteiger partial charge in [0.15, 0.2) is 6.10 Å². The van der Waals surface area contributed by atoms with E-state index in [2.05, 4.69) is 4.74 Å². The van der Waals surface area contributed by atoms with E-state index >= 15 is 0 Å². The Labute approximate surface area is 83.2 Å². The summed E-state index contributed by atoms with van der Waals surface area (Å²) in [7, 11) is 0.128. The van der Waals surface area contributed by atoms with E-state index in [-0.39, 0.29) is 7.11 Å². The van der Waals surface area contributed by atoms with Crippen molar-refractivity contribution in [1.82, 2.24) is 0 Å². The monoisotopic (exact) mass is 264 g/mol. The van der Waals surface area contributed by atoms with Gasteiger partial charge in [-0.05, 0) is 0 Å². The summed E-state index contributed by atoms with van der Waals surface area (Å²) in [6.07, 6.45) is -20.6. The van der Waals surface area contributed by atoms with Crippen LogP contribution in [0.15, 0.2) is 0 Å². The Balaban J connectivity index is 5.16. The van der Waals surface area contributed by atoms with Crippen molar-refractivity contribution in [1.29, 1.82) is 0 Å². The Bertz CT molecular complexity index is 229. The Kier molecular flexibility index (Phi) is 4.12. The minimum absolute atomic E-state index is 0.128. The second kappa shape index (κ2) is 4.30. The molecule has 0 aromatic rings. The molecule has 0 aromatic heterocycles. The number of halogens is 9. The average molecular weight is 264 g/mol. The fourth-order valence-corrected chi connectivity index (χ4v) is 0.784. The van der Waals surface area contributed by atoms with Crippen molar-refractivity contribution in [3.8, 4) is 0 Å². The fraction of sp³-hybridized carbons (Fsp3) is 1.00. The summed E-state index contributed by atoms with van der Waals surface area (Å²) in [4.78, 5) is 0. The minimum Gasteiger partial charge on any atom is -0.371 e. The first kappa shape index (κ1) is 15.3. The number of ether oxygens (including phenoxy) is 1. The third-order valence-electron chi connectivity index (χ3n) is 1.57. The highest BCUT2D eigenvalue weighted by Gasteiger charge is 2.68.